The molecule has 0 aliphatic carbocycles. The van der Waals surface area contributed by atoms with Crippen LogP contribution in [-0.4, -0.2) is 29.4 Å². The maximum absolute atomic E-state index is 13.8. The number of benzene rings is 2. The topological polar surface area (TPSA) is 65.4 Å². The van der Waals surface area contributed by atoms with Gasteiger partial charge in [0, 0.05) is 16.8 Å². The first kappa shape index (κ1) is 21.5. The van der Waals surface area contributed by atoms with Crippen LogP contribution in [0.1, 0.15) is 23.0 Å². The van der Waals surface area contributed by atoms with Crippen molar-refractivity contribution in [2.45, 2.75) is 13.1 Å². The van der Waals surface area contributed by atoms with Crippen molar-refractivity contribution in [2.75, 3.05) is 19.0 Å². The summed E-state index contributed by atoms with van der Waals surface area (Å²) in [4.78, 5) is 12.6. The van der Waals surface area contributed by atoms with Crippen LogP contribution in [0.5, 0.6) is 11.5 Å². The number of alkyl halides is 3. The van der Waals surface area contributed by atoms with Crippen molar-refractivity contribution < 1.29 is 27.4 Å². The lowest BCUT2D eigenvalue weighted by atomic mass is 10.2. The van der Waals surface area contributed by atoms with E-state index in [-0.39, 0.29) is 11.4 Å². The summed E-state index contributed by atoms with van der Waals surface area (Å²) in [5.41, 5.74) is -1.45. The Morgan fingerprint density at radius 2 is 1.87 bits per heavy atom. The molecule has 158 valence electrons. The third-order valence-corrected chi connectivity index (χ3v) is 4.33. The molecule has 1 N–H and O–H groups in total. The molecule has 30 heavy (non-hydrogen) atoms. The average Bonchev–Trinajstić information content (AvgIpc) is 3.16. The quantitative estimate of drug-likeness (QED) is 0.573. The number of ether oxygens (including phenoxy) is 2. The molecule has 0 aliphatic rings. The van der Waals surface area contributed by atoms with Crippen molar-refractivity contribution in [2.24, 2.45) is 0 Å². The zero-order valence-electron chi connectivity index (χ0n) is 16.0. The summed E-state index contributed by atoms with van der Waals surface area (Å²) >= 11 is 5.80. The smallest absolute Gasteiger partial charge is 0.434 e. The van der Waals surface area contributed by atoms with E-state index in [9.17, 15) is 18.0 Å². The highest BCUT2D eigenvalue weighted by Gasteiger charge is 2.40. The molecule has 0 bridgehead atoms. The van der Waals surface area contributed by atoms with Crippen LogP contribution in [0, 0.1) is 0 Å². The molecule has 0 aliphatic heterocycles. The van der Waals surface area contributed by atoms with E-state index in [1.54, 1.807) is 13.0 Å². The van der Waals surface area contributed by atoms with Gasteiger partial charge in [0.25, 0.3) is 5.91 Å². The molecule has 1 amide bonds. The molecule has 3 rings (SSSR count). The van der Waals surface area contributed by atoms with Crippen LogP contribution in [-0.2, 0) is 6.18 Å². The van der Waals surface area contributed by atoms with Crippen LogP contribution in [0.15, 0.2) is 48.7 Å². The molecule has 0 radical (unpaired) electrons. The number of amides is 1. The van der Waals surface area contributed by atoms with Gasteiger partial charge in [0.1, 0.15) is 0 Å². The summed E-state index contributed by atoms with van der Waals surface area (Å²) in [5, 5.41) is 6.57. The van der Waals surface area contributed by atoms with Gasteiger partial charge in [-0.1, -0.05) is 11.6 Å². The zero-order chi connectivity index (χ0) is 21.9. The number of methoxy groups -OCH3 is 1. The number of anilines is 1. The standard InChI is InChI=1S/C20H17ClF3N3O3/c1-3-30-16-9-6-13(10-17(16)29-2)26-19(28)15-11-25-27(18(15)20(22,23)24)14-7-4-12(21)5-8-14/h4-11H,3H2,1-2H3,(H,26,28). The molecule has 1 aromatic heterocycles. The number of carbonyl (C=O) groups excluding carboxylic acids is 1. The Bertz CT molecular complexity index is 1050. The SMILES string of the molecule is CCOc1ccc(NC(=O)c2cnn(-c3ccc(Cl)cc3)c2C(F)(F)F)cc1OC. The fourth-order valence-electron chi connectivity index (χ4n) is 2.78. The molecule has 0 spiro atoms. The zero-order valence-corrected chi connectivity index (χ0v) is 16.7. The van der Waals surface area contributed by atoms with Crippen LogP contribution < -0.4 is 14.8 Å². The summed E-state index contributed by atoms with van der Waals surface area (Å²) in [7, 11) is 1.42. The second-order valence-corrected chi connectivity index (χ2v) is 6.48. The molecule has 2 aromatic carbocycles. The van der Waals surface area contributed by atoms with Crippen LogP contribution in [0.4, 0.5) is 18.9 Å². The Morgan fingerprint density at radius 1 is 1.17 bits per heavy atom. The molecule has 0 unspecified atom stereocenters. The number of aromatic nitrogens is 2. The Kier molecular flexibility index (Phi) is 6.21. The summed E-state index contributed by atoms with van der Waals surface area (Å²) in [6, 6.07) is 10.1. The van der Waals surface area contributed by atoms with E-state index >= 15 is 0 Å². The molecule has 0 atom stereocenters. The van der Waals surface area contributed by atoms with Gasteiger partial charge in [-0.25, -0.2) is 4.68 Å². The minimum Gasteiger partial charge on any atom is -0.493 e. The average molecular weight is 440 g/mol. The van der Waals surface area contributed by atoms with Gasteiger partial charge in [0.15, 0.2) is 17.2 Å². The van der Waals surface area contributed by atoms with E-state index in [1.165, 1.54) is 43.5 Å². The van der Waals surface area contributed by atoms with E-state index in [0.717, 1.165) is 6.20 Å². The predicted octanol–water partition coefficient (Wildman–Crippen LogP) is 5.20. The largest absolute Gasteiger partial charge is 0.493 e. The van der Waals surface area contributed by atoms with Crippen molar-refractivity contribution in [3.63, 3.8) is 0 Å². The normalized spacial score (nSPS) is 11.3. The van der Waals surface area contributed by atoms with Crippen LogP contribution in [0.3, 0.4) is 0 Å². The van der Waals surface area contributed by atoms with Gasteiger partial charge in [-0.15, -0.1) is 0 Å². The number of rotatable bonds is 6. The highest BCUT2D eigenvalue weighted by Crippen LogP contribution is 2.35. The second-order valence-electron chi connectivity index (χ2n) is 6.05. The first-order valence-electron chi connectivity index (χ1n) is 8.78. The Labute approximate surface area is 175 Å². The number of nitrogens with one attached hydrogen (secondary N) is 1. The number of hydrogen-bond donors (Lipinski definition) is 1. The molecular weight excluding hydrogens is 423 g/mol. The lowest BCUT2D eigenvalue weighted by Gasteiger charge is -2.14. The van der Waals surface area contributed by atoms with Crippen LogP contribution in [0.2, 0.25) is 5.02 Å². The lowest BCUT2D eigenvalue weighted by Crippen LogP contribution is -2.20. The fourth-order valence-corrected chi connectivity index (χ4v) is 2.91. The maximum Gasteiger partial charge on any atom is 0.434 e. The Hall–Kier alpha value is -3.20. The van der Waals surface area contributed by atoms with Crippen LogP contribution >= 0.6 is 11.6 Å². The molecule has 3 aromatic rings. The van der Waals surface area contributed by atoms with Gasteiger partial charge >= 0.3 is 6.18 Å². The Morgan fingerprint density at radius 3 is 2.47 bits per heavy atom. The number of hydrogen-bond acceptors (Lipinski definition) is 4. The molecule has 1 heterocycles. The lowest BCUT2D eigenvalue weighted by molar-refractivity contribution is -0.143. The van der Waals surface area contributed by atoms with Crippen LogP contribution in [0.25, 0.3) is 5.69 Å². The third-order valence-electron chi connectivity index (χ3n) is 4.07. The van der Waals surface area contributed by atoms with E-state index in [0.29, 0.717) is 27.8 Å². The first-order chi connectivity index (χ1) is 14.2. The highest BCUT2D eigenvalue weighted by molar-refractivity contribution is 6.30. The minimum absolute atomic E-state index is 0.119. The van der Waals surface area contributed by atoms with E-state index in [4.69, 9.17) is 21.1 Å². The molecular formula is C20H17ClF3N3O3. The molecule has 0 fully saturated rings. The third kappa shape index (κ3) is 4.51. The van der Waals surface area contributed by atoms with Crippen molar-refractivity contribution in [1.82, 2.24) is 9.78 Å². The molecule has 0 saturated heterocycles. The van der Waals surface area contributed by atoms with Gasteiger partial charge < -0.3 is 14.8 Å². The minimum atomic E-state index is -4.82. The van der Waals surface area contributed by atoms with Crippen molar-refractivity contribution in [1.29, 1.82) is 0 Å². The predicted molar refractivity (Wildman–Crippen MR) is 106 cm³/mol. The summed E-state index contributed by atoms with van der Waals surface area (Å²) < 4.78 is 52.5. The van der Waals surface area contributed by atoms with E-state index < -0.39 is 23.3 Å². The van der Waals surface area contributed by atoms with E-state index in [1.807, 2.05) is 0 Å². The second kappa shape index (κ2) is 8.66. The molecule has 6 nitrogen and oxygen atoms in total. The monoisotopic (exact) mass is 439 g/mol. The van der Waals surface area contributed by atoms with E-state index in [2.05, 4.69) is 10.4 Å². The number of halogens is 4. The molecule has 10 heteroatoms. The number of carbonyl (C=O) groups is 1. The van der Waals surface area contributed by atoms with Gasteiger partial charge in [-0.05, 0) is 43.3 Å². The first-order valence-corrected chi connectivity index (χ1v) is 9.15. The van der Waals surface area contributed by atoms with Gasteiger partial charge in [0.2, 0.25) is 0 Å². The van der Waals surface area contributed by atoms with Crippen molar-refractivity contribution in [3.05, 3.63) is 64.9 Å². The fraction of sp³-hybridized carbons (Fsp3) is 0.200. The summed E-state index contributed by atoms with van der Waals surface area (Å²) in [5.74, 6) is -0.180. The maximum atomic E-state index is 13.8. The summed E-state index contributed by atoms with van der Waals surface area (Å²) in [6.07, 6.45) is -3.95. The highest BCUT2D eigenvalue weighted by atomic mass is 35.5. The Balaban J connectivity index is 1.96. The van der Waals surface area contributed by atoms with Gasteiger partial charge in [0.05, 0.1) is 31.2 Å². The van der Waals surface area contributed by atoms with Crippen molar-refractivity contribution in [3.8, 4) is 17.2 Å². The number of nitrogens with zero attached hydrogens (tertiary/aromatic N) is 2. The van der Waals surface area contributed by atoms with Crippen molar-refractivity contribution >= 4 is 23.2 Å². The van der Waals surface area contributed by atoms with Gasteiger partial charge in [-0.2, -0.15) is 18.3 Å². The molecule has 0 saturated carbocycles. The van der Waals surface area contributed by atoms with Gasteiger partial charge in [-0.3, -0.25) is 4.79 Å². The summed E-state index contributed by atoms with van der Waals surface area (Å²) in [6.45, 7) is 2.20.